The van der Waals surface area contributed by atoms with Crippen LogP contribution in [0.5, 0.6) is 5.75 Å². The highest BCUT2D eigenvalue weighted by Crippen LogP contribution is 2.41. The Morgan fingerprint density at radius 3 is 2.18 bits per heavy atom. The molecular formula is C16H13F3O3. The number of para-hydroxylation sites is 1. The van der Waals surface area contributed by atoms with Crippen molar-refractivity contribution in [2.45, 2.75) is 6.18 Å². The van der Waals surface area contributed by atoms with Crippen LogP contribution in [0.15, 0.2) is 42.5 Å². The van der Waals surface area contributed by atoms with Crippen molar-refractivity contribution in [1.82, 2.24) is 0 Å². The summed E-state index contributed by atoms with van der Waals surface area (Å²) in [5, 5.41) is 0. The summed E-state index contributed by atoms with van der Waals surface area (Å²) < 4.78 is 49.3. The number of carbonyl (C=O) groups is 1. The van der Waals surface area contributed by atoms with Crippen molar-refractivity contribution in [3.8, 4) is 16.9 Å². The van der Waals surface area contributed by atoms with Crippen molar-refractivity contribution in [2.75, 3.05) is 14.2 Å². The Bertz CT molecular complexity index is 693. The SMILES string of the molecule is COC(=O)c1cccc(-c2ccccc2C(F)(F)F)c1OC. The predicted octanol–water partition coefficient (Wildman–Crippen LogP) is 4.17. The lowest BCUT2D eigenvalue weighted by molar-refractivity contribution is -0.137. The molecule has 0 unspecified atom stereocenters. The summed E-state index contributed by atoms with van der Waals surface area (Å²) >= 11 is 0. The summed E-state index contributed by atoms with van der Waals surface area (Å²) in [5.74, 6) is -0.630. The van der Waals surface area contributed by atoms with Gasteiger partial charge in [0.15, 0.2) is 0 Å². The van der Waals surface area contributed by atoms with Gasteiger partial charge in [-0.2, -0.15) is 13.2 Å². The zero-order valence-electron chi connectivity index (χ0n) is 11.9. The fraction of sp³-hybridized carbons (Fsp3) is 0.188. The number of hydrogen-bond donors (Lipinski definition) is 0. The number of halogens is 3. The first-order chi connectivity index (χ1) is 10.4. The number of carbonyl (C=O) groups excluding carboxylic acids is 1. The van der Waals surface area contributed by atoms with Gasteiger partial charge in [0, 0.05) is 5.56 Å². The zero-order chi connectivity index (χ0) is 16.3. The van der Waals surface area contributed by atoms with E-state index in [-0.39, 0.29) is 22.4 Å². The van der Waals surface area contributed by atoms with Gasteiger partial charge >= 0.3 is 12.1 Å². The van der Waals surface area contributed by atoms with E-state index in [1.54, 1.807) is 0 Å². The van der Waals surface area contributed by atoms with Crippen LogP contribution < -0.4 is 4.74 Å². The average Bonchev–Trinajstić information content (AvgIpc) is 2.52. The summed E-state index contributed by atoms with van der Waals surface area (Å²) in [5.41, 5.74) is -0.606. The average molecular weight is 310 g/mol. The number of benzene rings is 2. The van der Waals surface area contributed by atoms with Gasteiger partial charge in [-0.15, -0.1) is 0 Å². The Labute approximate surface area is 125 Å². The molecule has 0 aliphatic carbocycles. The molecular weight excluding hydrogens is 297 g/mol. The van der Waals surface area contributed by atoms with Crippen molar-refractivity contribution in [3.05, 3.63) is 53.6 Å². The molecule has 0 amide bonds. The van der Waals surface area contributed by atoms with Gasteiger partial charge in [0.2, 0.25) is 0 Å². The van der Waals surface area contributed by atoms with E-state index in [4.69, 9.17) is 4.74 Å². The van der Waals surface area contributed by atoms with Gasteiger partial charge in [0.05, 0.1) is 19.8 Å². The standard InChI is InChI=1S/C16H13F3O3/c1-21-14-11(7-5-8-12(14)15(20)22-2)10-6-3-4-9-13(10)16(17,18)19/h3-9H,1-2H3. The summed E-state index contributed by atoms with van der Waals surface area (Å²) in [6.45, 7) is 0. The van der Waals surface area contributed by atoms with Crippen LogP contribution in [0.1, 0.15) is 15.9 Å². The van der Waals surface area contributed by atoms with Gasteiger partial charge in [-0.25, -0.2) is 4.79 Å². The molecule has 2 aromatic rings. The van der Waals surface area contributed by atoms with E-state index in [1.165, 1.54) is 50.6 Å². The Morgan fingerprint density at radius 2 is 1.59 bits per heavy atom. The summed E-state index contributed by atoms with van der Waals surface area (Å²) in [6.07, 6.45) is -4.51. The van der Waals surface area contributed by atoms with Gasteiger partial charge in [0.1, 0.15) is 11.3 Å². The quantitative estimate of drug-likeness (QED) is 0.798. The third kappa shape index (κ3) is 2.90. The normalized spacial score (nSPS) is 11.1. The van der Waals surface area contributed by atoms with Crippen molar-refractivity contribution >= 4 is 5.97 Å². The molecule has 2 aromatic carbocycles. The van der Waals surface area contributed by atoms with E-state index in [0.29, 0.717) is 0 Å². The van der Waals surface area contributed by atoms with Gasteiger partial charge in [-0.3, -0.25) is 0 Å². The number of rotatable bonds is 3. The van der Waals surface area contributed by atoms with E-state index in [1.807, 2.05) is 0 Å². The van der Waals surface area contributed by atoms with E-state index in [9.17, 15) is 18.0 Å². The first kappa shape index (κ1) is 15.9. The summed E-state index contributed by atoms with van der Waals surface area (Å²) in [4.78, 5) is 11.7. The molecule has 116 valence electrons. The molecule has 0 aliphatic rings. The maximum atomic E-state index is 13.2. The minimum atomic E-state index is -4.51. The van der Waals surface area contributed by atoms with Gasteiger partial charge in [-0.05, 0) is 17.7 Å². The van der Waals surface area contributed by atoms with Crippen LogP contribution in [0, 0.1) is 0 Å². The molecule has 6 heteroatoms. The van der Waals surface area contributed by atoms with Crippen LogP contribution in [0.2, 0.25) is 0 Å². The molecule has 0 atom stereocenters. The molecule has 0 aromatic heterocycles. The van der Waals surface area contributed by atoms with E-state index < -0.39 is 17.7 Å². The lowest BCUT2D eigenvalue weighted by Crippen LogP contribution is -2.09. The fourth-order valence-electron chi connectivity index (χ4n) is 2.20. The lowest BCUT2D eigenvalue weighted by atomic mass is 9.96. The number of hydrogen-bond acceptors (Lipinski definition) is 3. The first-order valence-corrected chi connectivity index (χ1v) is 6.32. The molecule has 0 N–H and O–H groups in total. The fourth-order valence-corrected chi connectivity index (χ4v) is 2.20. The maximum absolute atomic E-state index is 13.2. The molecule has 3 nitrogen and oxygen atoms in total. The minimum Gasteiger partial charge on any atom is -0.495 e. The van der Waals surface area contributed by atoms with Gasteiger partial charge in [-0.1, -0.05) is 30.3 Å². The van der Waals surface area contributed by atoms with Crippen LogP contribution in [0.25, 0.3) is 11.1 Å². The molecule has 2 rings (SSSR count). The van der Waals surface area contributed by atoms with Crippen LogP contribution in [0.4, 0.5) is 13.2 Å². The van der Waals surface area contributed by atoms with Gasteiger partial charge < -0.3 is 9.47 Å². The minimum absolute atomic E-state index is 0.0473. The smallest absolute Gasteiger partial charge is 0.417 e. The predicted molar refractivity (Wildman–Crippen MR) is 74.8 cm³/mol. The second-order valence-corrected chi connectivity index (χ2v) is 4.42. The van der Waals surface area contributed by atoms with Crippen LogP contribution in [-0.2, 0) is 10.9 Å². The van der Waals surface area contributed by atoms with Crippen molar-refractivity contribution in [1.29, 1.82) is 0 Å². The Morgan fingerprint density at radius 1 is 0.955 bits per heavy atom. The van der Waals surface area contributed by atoms with E-state index >= 15 is 0 Å². The number of ether oxygens (including phenoxy) is 2. The zero-order valence-corrected chi connectivity index (χ0v) is 11.9. The van der Waals surface area contributed by atoms with E-state index in [0.717, 1.165) is 6.07 Å². The molecule has 22 heavy (non-hydrogen) atoms. The Hall–Kier alpha value is -2.50. The molecule has 0 saturated carbocycles. The highest BCUT2D eigenvalue weighted by Gasteiger charge is 2.34. The monoisotopic (exact) mass is 310 g/mol. The maximum Gasteiger partial charge on any atom is 0.417 e. The van der Waals surface area contributed by atoms with Crippen molar-refractivity contribution < 1.29 is 27.4 Å². The van der Waals surface area contributed by atoms with E-state index in [2.05, 4.69) is 4.74 Å². The second-order valence-electron chi connectivity index (χ2n) is 4.42. The van der Waals surface area contributed by atoms with Crippen LogP contribution in [0.3, 0.4) is 0 Å². The van der Waals surface area contributed by atoms with Crippen molar-refractivity contribution in [3.63, 3.8) is 0 Å². The largest absolute Gasteiger partial charge is 0.495 e. The topological polar surface area (TPSA) is 35.5 Å². The number of alkyl halides is 3. The highest BCUT2D eigenvalue weighted by atomic mass is 19.4. The van der Waals surface area contributed by atoms with Crippen molar-refractivity contribution in [2.24, 2.45) is 0 Å². The molecule has 0 aliphatic heterocycles. The highest BCUT2D eigenvalue weighted by molar-refractivity contribution is 5.96. The lowest BCUT2D eigenvalue weighted by Gasteiger charge is -2.16. The summed E-state index contributed by atoms with van der Waals surface area (Å²) in [7, 11) is 2.49. The van der Waals surface area contributed by atoms with Gasteiger partial charge in [0.25, 0.3) is 0 Å². The Kier molecular flexibility index (Phi) is 4.40. The third-order valence-electron chi connectivity index (χ3n) is 3.15. The molecule has 0 fully saturated rings. The number of methoxy groups -OCH3 is 2. The Balaban J connectivity index is 2.72. The molecule has 0 spiro atoms. The third-order valence-corrected chi connectivity index (χ3v) is 3.15. The second kappa shape index (κ2) is 6.09. The van der Waals surface area contributed by atoms with Crippen LogP contribution >= 0.6 is 0 Å². The molecule has 0 bridgehead atoms. The molecule has 0 heterocycles. The molecule has 0 radical (unpaired) electrons. The summed E-state index contributed by atoms with van der Waals surface area (Å²) in [6, 6.07) is 9.51. The number of esters is 1. The van der Waals surface area contributed by atoms with Crippen LogP contribution in [-0.4, -0.2) is 20.2 Å². The molecule has 0 saturated heterocycles. The first-order valence-electron chi connectivity index (χ1n) is 6.32.